The maximum Gasteiger partial charge on any atom is 0.272 e. The average Bonchev–Trinajstić information content (AvgIpc) is 2.64. The van der Waals surface area contributed by atoms with Crippen LogP contribution in [0.2, 0.25) is 0 Å². The zero-order valence-electron chi connectivity index (χ0n) is 10.9. The van der Waals surface area contributed by atoms with Crippen LogP contribution in [0.5, 0.6) is 5.75 Å². The summed E-state index contributed by atoms with van der Waals surface area (Å²) in [6.45, 7) is 0. The van der Waals surface area contributed by atoms with E-state index in [2.05, 4.69) is 0 Å². The van der Waals surface area contributed by atoms with Crippen molar-refractivity contribution in [3.63, 3.8) is 0 Å². The van der Waals surface area contributed by atoms with Gasteiger partial charge in [-0.2, -0.15) is 0 Å². The van der Waals surface area contributed by atoms with Crippen molar-refractivity contribution >= 4 is 39.9 Å². The Bertz CT molecular complexity index is 538. The maximum absolute atomic E-state index is 12.3. The summed E-state index contributed by atoms with van der Waals surface area (Å²) < 4.78 is 5.64. The van der Waals surface area contributed by atoms with Gasteiger partial charge in [-0.15, -0.1) is 0 Å². The van der Waals surface area contributed by atoms with Crippen LogP contribution < -0.4 is 9.64 Å². The molecule has 1 amide bonds. The van der Waals surface area contributed by atoms with Crippen LogP contribution in [0, 0.1) is 0 Å². The molecule has 1 aromatic carbocycles. The predicted octanol–water partition coefficient (Wildman–Crippen LogP) is 2.46. The van der Waals surface area contributed by atoms with Crippen LogP contribution in [0.1, 0.15) is 0 Å². The third-order valence-electron chi connectivity index (χ3n) is 2.50. The Kier molecular flexibility index (Phi) is 4.11. The van der Waals surface area contributed by atoms with Gasteiger partial charge in [0.05, 0.1) is 17.7 Å². The molecule has 6 heteroatoms. The van der Waals surface area contributed by atoms with E-state index < -0.39 is 0 Å². The van der Waals surface area contributed by atoms with Crippen molar-refractivity contribution in [3.05, 3.63) is 35.4 Å². The first-order chi connectivity index (χ1) is 9.02. The molecular formula is C13H14N2O2S2. The van der Waals surface area contributed by atoms with Gasteiger partial charge in [0.15, 0.2) is 4.32 Å². The number of anilines is 1. The Hall–Kier alpha value is -1.53. The van der Waals surface area contributed by atoms with Crippen molar-refractivity contribution in [2.45, 2.75) is 0 Å². The molecule has 1 heterocycles. The highest BCUT2D eigenvalue weighted by molar-refractivity contribution is 8.27. The van der Waals surface area contributed by atoms with E-state index in [0.717, 1.165) is 11.4 Å². The van der Waals surface area contributed by atoms with E-state index in [1.54, 1.807) is 13.3 Å². The fraction of sp³-hybridized carbons (Fsp3) is 0.231. The normalized spacial score (nSPS) is 17.2. The molecule has 100 valence electrons. The molecule has 2 rings (SSSR count). The number of thioether (sulfide) groups is 1. The van der Waals surface area contributed by atoms with Crippen LogP contribution in [0.3, 0.4) is 0 Å². The fourth-order valence-corrected chi connectivity index (χ4v) is 3.01. The van der Waals surface area contributed by atoms with E-state index in [-0.39, 0.29) is 5.91 Å². The van der Waals surface area contributed by atoms with Crippen LogP contribution in [-0.2, 0) is 4.79 Å². The number of hydrogen-bond acceptors (Lipinski definition) is 5. The number of carbonyl (C=O) groups excluding carboxylic acids is 1. The second-order valence-electron chi connectivity index (χ2n) is 4.16. The average molecular weight is 294 g/mol. The highest BCUT2D eigenvalue weighted by Gasteiger charge is 2.33. The van der Waals surface area contributed by atoms with E-state index in [1.165, 1.54) is 16.7 Å². The van der Waals surface area contributed by atoms with Crippen molar-refractivity contribution in [2.75, 3.05) is 26.1 Å². The standard InChI is InChI=1S/C13H14N2O2S2/c1-14(2)8-11-12(16)15(13(18)19-11)9-4-6-10(17-3)7-5-9/h4-8H,1-3H3/b11-8+. The monoisotopic (exact) mass is 294 g/mol. The molecule has 0 radical (unpaired) electrons. The zero-order chi connectivity index (χ0) is 14.0. The highest BCUT2D eigenvalue weighted by Crippen LogP contribution is 2.35. The lowest BCUT2D eigenvalue weighted by atomic mass is 10.3. The number of rotatable bonds is 3. The topological polar surface area (TPSA) is 32.8 Å². The number of nitrogens with zero attached hydrogens (tertiary/aromatic N) is 2. The first kappa shape index (κ1) is 13.9. The molecule has 0 bridgehead atoms. The number of carbonyl (C=O) groups is 1. The minimum atomic E-state index is -0.0890. The number of thiocarbonyl (C=S) groups is 1. The molecule has 0 spiro atoms. The lowest BCUT2D eigenvalue weighted by Gasteiger charge is -2.14. The first-order valence-electron chi connectivity index (χ1n) is 5.61. The van der Waals surface area contributed by atoms with Gasteiger partial charge in [0.25, 0.3) is 5.91 Å². The smallest absolute Gasteiger partial charge is 0.272 e. The molecule has 1 aromatic rings. The molecule has 0 saturated carbocycles. The van der Waals surface area contributed by atoms with E-state index >= 15 is 0 Å². The van der Waals surface area contributed by atoms with Gasteiger partial charge < -0.3 is 9.64 Å². The van der Waals surface area contributed by atoms with Crippen LogP contribution in [-0.4, -0.2) is 36.3 Å². The minimum Gasteiger partial charge on any atom is -0.497 e. The number of ether oxygens (including phenoxy) is 1. The Morgan fingerprint density at radius 2 is 1.95 bits per heavy atom. The minimum absolute atomic E-state index is 0.0890. The Labute approximate surface area is 122 Å². The lowest BCUT2D eigenvalue weighted by Crippen LogP contribution is -2.27. The van der Waals surface area contributed by atoms with E-state index in [9.17, 15) is 4.79 Å². The largest absolute Gasteiger partial charge is 0.497 e. The summed E-state index contributed by atoms with van der Waals surface area (Å²) >= 11 is 6.58. The number of hydrogen-bond donors (Lipinski definition) is 0. The quantitative estimate of drug-likeness (QED) is 0.632. The number of methoxy groups -OCH3 is 1. The fourth-order valence-electron chi connectivity index (χ4n) is 1.65. The molecule has 1 saturated heterocycles. The number of amides is 1. The van der Waals surface area contributed by atoms with Gasteiger partial charge >= 0.3 is 0 Å². The molecule has 1 aliphatic heterocycles. The summed E-state index contributed by atoms with van der Waals surface area (Å²) in [7, 11) is 5.36. The van der Waals surface area contributed by atoms with Crippen molar-refractivity contribution in [3.8, 4) is 5.75 Å². The lowest BCUT2D eigenvalue weighted by molar-refractivity contribution is -0.113. The summed E-state index contributed by atoms with van der Waals surface area (Å²) in [6.07, 6.45) is 1.78. The van der Waals surface area contributed by atoms with Crippen molar-refractivity contribution < 1.29 is 9.53 Å². The Morgan fingerprint density at radius 3 is 2.47 bits per heavy atom. The van der Waals surface area contributed by atoms with Crippen LogP contribution >= 0.6 is 24.0 Å². The second-order valence-corrected chi connectivity index (χ2v) is 5.84. The van der Waals surface area contributed by atoms with Gasteiger partial charge in [0, 0.05) is 20.3 Å². The van der Waals surface area contributed by atoms with Crippen molar-refractivity contribution in [1.82, 2.24) is 4.90 Å². The third kappa shape index (κ3) is 2.90. The summed E-state index contributed by atoms with van der Waals surface area (Å²) in [5, 5.41) is 0. The zero-order valence-corrected chi connectivity index (χ0v) is 12.5. The van der Waals surface area contributed by atoms with Gasteiger partial charge in [0.1, 0.15) is 5.75 Å². The van der Waals surface area contributed by atoms with E-state index in [1.807, 2.05) is 43.3 Å². The van der Waals surface area contributed by atoms with E-state index in [4.69, 9.17) is 17.0 Å². The molecule has 0 unspecified atom stereocenters. The number of benzene rings is 1. The molecular weight excluding hydrogens is 280 g/mol. The first-order valence-corrected chi connectivity index (χ1v) is 6.84. The molecule has 0 aromatic heterocycles. The van der Waals surface area contributed by atoms with Crippen LogP contribution in [0.25, 0.3) is 0 Å². The molecule has 1 fully saturated rings. The van der Waals surface area contributed by atoms with Gasteiger partial charge in [-0.25, -0.2) is 0 Å². The molecule has 4 nitrogen and oxygen atoms in total. The second kappa shape index (κ2) is 5.63. The van der Waals surface area contributed by atoms with Crippen LogP contribution in [0.15, 0.2) is 35.4 Å². The summed E-state index contributed by atoms with van der Waals surface area (Å²) in [5.74, 6) is 0.659. The molecule has 0 atom stereocenters. The summed E-state index contributed by atoms with van der Waals surface area (Å²) in [4.78, 5) is 16.3. The predicted molar refractivity (Wildman–Crippen MR) is 82.4 cm³/mol. The van der Waals surface area contributed by atoms with Gasteiger partial charge in [-0.1, -0.05) is 24.0 Å². The molecule has 0 aliphatic carbocycles. The Balaban J connectivity index is 2.29. The van der Waals surface area contributed by atoms with Gasteiger partial charge in [-0.3, -0.25) is 9.69 Å². The van der Waals surface area contributed by atoms with Gasteiger partial charge in [-0.05, 0) is 24.3 Å². The Morgan fingerprint density at radius 1 is 1.32 bits per heavy atom. The molecule has 0 N–H and O–H groups in total. The van der Waals surface area contributed by atoms with Crippen molar-refractivity contribution in [1.29, 1.82) is 0 Å². The molecule has 1 aliphatic rings. The summed E-state index contributed by atoms with van der Waals surface area (Å²) in [6, 6.07) is 7.26. The van der Waals surface area contributed by atoms with Crippen molar-refractivity contribution in [2.24, 2.45) is 0 Å². The molecule has 19 heavy (non-hydrogen) atoms. The highest BCUT2D eigenvalue weighted by atomic mass is 32.2. The SMILES string of the molecule is COc1ccc(N2C(=O)/C(=C\N(C)C)SC2=S)cc1. The van der Waals surface area contributed by atoms with Crippen LogP contribution in [0.4, 0.5) is 5.69 Å². The van der Waals surface area contributed by atoms with Gasteiger partial charge in [0.2, 0.25) is 0 Å². The maximum atomic E-state index is 12.3. The third-order valence-corrected chi connectivity index (χ3v) is 3.79. The van der Waals surface area contributed by atoms with E-state index in [0.29, 0.717) is 9.23 Å². The summed E-state index contributed by atoms with van der Waals surface area (Å²) in [5.41, 5.74) is 0.755.